The quantitative estimate of drug-likeness (QED) is 0.473. The molecule has 0 aliphatic heterocycles. The van der Waals surface area contributed by atoms with Gasteiger partial charge >= 0.3 is 5.97 Å². The Kier molecular flexibility index (Phi) is 3.35. The van der Waals surface area contributed by atoms with Crippen LogP contribution >= 0.6 is 0 Å². The van der Waals surface area contributed by atoms with Gasteiger partial charge in [-0.3, -0.25) is 4.79 Å². The van der Waals surface area contributed by atoms with Crippen molar-refractivity contribution in [1.82, 2.24) is 5.32 Å². The first kappa shape index (κ1) is 12.9. The Labute approximate surface area is 91.9 Å². The minimum Gasteiger partial charge on any atom is -0.478 e. The number of carbonyl (C=O) groups excluding carboxylic acids is 1. The SMILES string of the molecule is CNC(=O)c1c(F)c(F)c(F)c(F)c1C(=O)O. The van der Waals surface area contributed by atoms with E-state index in [2.05, 4.69) is 0 Å². The molecule has 0 atom stereocenters. The molecular formula is C9H5F4NO3. The van der Waals surface area contributed by atoms with Gasteiger partial charge in [0.25, 0.3) is 5.91 Å². The number of hydrogen-bond acceptors (Lipinski definition) is 2. The van der Waals surface area contributed by atoms with Gasteiger partial charge in [-0.1, -0.05) is 0 Å². The van der Waals surface area contributed by atoms with Crippen LogP contribution in [-0.2, 0) is 0 Å². The number of nitrogens with one attached hydrogen (secondary N) is 1. The molecule has 1 amide bonds. The molecule has 8 heteroatoms. The van der Waals surface area contributed by atoms with Crippen LogP contribution in [0.15, 0.2) is 0 Å². The molecule has 1 aromatic rings. The fourth-order valence-corrected chi connectivity index (χ4v) is 1.17. The number of carbonyl (C=O) groups is 2. The molecule has 2 N–H and O–H groups in total. The lowest BCUT2D eigenvalue weighted by molar-refractivity contribution is 0.0682. The fraction of sp³-hybridized carbons (Fsp3) is 0.111. The maximum atomic E-state index is 13.2. The average molecular weight is 251 g/mol. The van der Waals surface area contributed by atoms with Crippen molar-refractivity contribution in [3.63, 3.8) is 0 Å². The maximum Gasteiger partial charge on any atom is 0.339 e. The number of amides is 1. The second kappa shape index (κ2) is 4.40. The standard InChI is InChI=1S/C9H5F4NO3/c1-14-8(15)2-3(9(16)17)5(11)7(13)6(12)4(2)10/h1H3,(H,14,15)(H,16,17). The molecule has 0 heterocycles. The lowest BCUT2D eigenvalue weighted by atomic mass is 10.0. The first-order valence-electron chi connectivity index (χ1n) is 4.14. The van der Waals surface area contributed by atoms with Crippen molar-refractivity contribution in [3.8, 4) is 0 Å². The van der Waals surface area contributed by atoms with E-state index in [0.29, 0.717) is 0 Å². The monoisotopic (exact) mass is 251 g/mol. The van der Waals surface area contributed by atoms with Crippen molar-refractivity contribution in [3.05, 3.63) is 34.4 Å². The highest BCUT2D eigenvalue weighted by atomic mass is 19.2. The summed E-state index contributed by atoms with van der Waals surface area (Å²) >= 11 is 0. The van der Waals surface area contributed by atoms with Gasteiger partial charge in [0, 0.05) is 7.05 Å². The van der Waals surface area contributed by atoms with Gasteiger partial charge in [-0.2, -0.15) is 0 Å². The van der Waals surface area contributed by atoms with Crippen LogP contribution in [0.1, 0.15) is 20.7 Å². The molecule has 0 saturated heterocycles. The highest BCUT2D eigenvalue weighted by Gasteiger charge is 2.32. The molecule has 92 valence electrons. The number of carboxylic acids is 1. The van der Waals surface area contributed by atoms with Gasteiger partial charge in [-0.05, 0) is 0 Å². The fourth-order valence-electron chi connectivity index (χ4n) is 1.17. The summed E-state index contributed by atoms with van der Waals surface area (Å²) in [5, 5.41) is 10.3. The molecule has 0 fully saturated rings. The molecule has 0 spiro atoms. The molecule has 0 aliphatic rings. The number of rotatable bonds is 2. The molecule has 0 radical (unpaired) electrons. The Balaban J connectivity index is 3.78. The van der Waals surface area contributed by atoms with Gasteiger partial charge in [-0.15, -0.1) is 0 Å². The van der Waals surface area contributed by atoms with E-state index < -0.39 is 46.3 Å². The molecule has 0 unspecified atom stereocenters. The Hall–Kier alpha value is -2.12. The minimum atomic E-state index is -2.28. The molecule has 1 rings (SSSR count). The zero-order valence-corrected chi connectivity index (χ0v) is 8.28. The van der Waals surface area contributed by atoms with Crippen molar-refractivity contribution in [2.75, 3.05) is 7.05 Å². The number of benzene rings is 1. The molecule has 0 aliphatic carbocycles. The molecule has 17 heavy (non-hydrogen) atoms. The number of carboxylic acid groups (broad SMARTS) is 1. The van der Waals surface area contributed by atoms with E-state index >= 15 is 0 Å². The van der Waals surface area contributed by atoms with E-state index in [1.54, 1.807) is 5.32 Å². The van der Waals surface area contributed by atoms with Crippen LogP contribution in [0.4, 0.5) is 17.6 Å². The van der Waals surface area contributed by atoms with Crippen LogP contribution < -0.4 is 5.32 Å². The topological polar surface area (TPSA) is 66.4 Å². The van der Waals surface area contributed by atoms with Gasteiger partial charge in [0.15, 0.2) is 23.3 Å². The van der Waals surface area contributed by atoms with Crippen LogP contribution in [-0.4, -0.2) is 24.0 Å². The largest absolute Gasteiger partial charge is 0.478 e. The van der Waals surface area contributed by atoms with Crippen molar-refractivity contribution < 1.29 is 32.3 Å². The van der Waals surface area contributed by atoms with Gasteiger partial charge in [0.2, 0.25) is 0 Å². The third-order valence-corrected chi connectivity index (χ3v) is 1.94. The highest BCUT2D eigenvalue weighted by molar-refractivity contribution is 6.05. The van der Waals surface area contributed by atoms with Gasteiger partial charge in [0.1, 0.15) is 5.56 Å². The van der Waals surface area contributed by atoms with E-state index in [4.69, 9.17) is 5.11 Å². The van der Waals surface area contributed by atoms with Crippen LogP contribution in [0.5, 0.6) is 0 Å². The second-order valence-electron chi connectivity index (χ2n) is 2.89. The predicted octanol–water partition coefficient (Wildman–Crippen LogP) is 1.30. The van der Waals surface area contributed by atoms with Crippen molar-refractivity contribution >= 4 is 11.9 Å². The van der Waals surface area contributed by atoms with Crippen LogP contribution in [0.25, 0.3) is 0 Å². The molecule has 1 aromatic carbocycles. The van der Waals surface area contributed by atoms with Gasteiger partial charge in [-0.25, -0.2) is 22.4 Å². The molecular weight excluding hydrogens is 246 g/mol. The molecule has 0 saturated carbocycles. The highest BCUT2D eigenvalue weighted by Crippen LogP contribution is 2.24. The van der Waals surface area contributed by atoms with Gasteiger partial charge in [0.05, 0.1) is 5.56 Å². The molecule has 0 bridgehead atoms. The van der Waals surface area contributed by atoms with E-state index in [9.17, 15) is 27.2 Å². The summed E-state index contributed by atoms with van der Waals surface area (Å²) in [5.74, 6) is -12.2. The molecule has 4 nitrogen and oxygen atoms in total. The van der Waals surface area contributed by atoms with Crippen LogP contribution in [0.3, 0.4) is 0 Å². The van der Waals surface area contributed by atoms with Crippen molar-refractivity contribution in [2.45, 2.75) is 0 Å². The lowest BCUT2D eigenvalue weighted by Crippen LogP contribution is -2.25. The normalized spacial score (nSPS) is 10.2. The van der Waals surface area contributed by atoms with Crippen LogP contribution in [0, 0.1) is 23.3 Å². The summed E-state index contributed by atoms with van der Waals surface area (Å²) < 4.78 is 51.9. The van der Waals surface area contributed by atoms with E-state index in [1.807, 2.05) is 0 Å². The number of hydrogen-bond donors (Lipinski definition) is 2. The summed E-state index contributed by atoms with van der Waals surface area (Å²) in [5.41, 5.74) is -2.95. The van der Waals surface area contributed by atoms with Gasteiger partial charge < -0.3 is 10.4 Å². The lowest BCUT2D eigenvalue weighted by Gasteiger charge is -2.09. The van der Waals surface area contributed by atoms with E-state index in [-0.39, 0.29) is 0 Å². The first-order valence-corrected chi connectivity index (χ1v) is 4.14. The Bertz CT molecular complexity index is 516. The maximum absolute atomic E-state index is 13.2. The van der Waals surface area contributed by atoms with Crippen LogP contribution in [0.2, 0.25) is 0 Å². The van der Waals surface area contributed by atoms with Crippen molar-refractivity contribution in [2.24, 2.45) is 0 Å². The van der Waals surface area contributed by atoms with E-state index in [0.717, 1.165) is 7.05 Å². The zero-order valence-electron chi connectivity index (χ0n) is 8.28. The Morgan fingerprint density at radius 3 is 1.71 bits per heavy atom. The summed E-state index contributed by atoms with van der Waals surface area (Å²) in [6.07, 6.45) is 0. The predicted molar refractivity (Wildman–Crippen MR) is 46.6 cm³/mol. The third-order valence-electron chi connectivity index (χ3n) is 1.94. The van der Waals surface area contributed by atoms with Crippen molar-refractivity contribution in [1.29, 1.82) is 0 Å². The smallest absolute Gasteiger partial charge is 0.339 e. The Morgan fingerprint density at radius 2 is 1.35 bits per heavy atom. The first-order chi connectivity index (χ1) is 7.82. The summed E-state index contributed by atoms with van der Waals surface area (Å²) in [6, 6.07) is 0. The zero-order chi connectivity index (χ0) is 13.3. The number of halogens is 4. The summed E-state index contributed by atoms with van der Waals surface area (Å²) in [6.45, 7) is 0. The second-order valence-corrected chi connectivity index (χ2v) is 2.89. The summed E-state index contributed by atoms with van der Waals surface area (Å²) in [4.78, 5) is 21.7. The number of aromatic carboxylic acids is 1. The van der Waals surface area contributed by atoms with E-state index in [1.165, 1.54) is 0 Å². The third kappa shape index (κ3) is 1.93. The summed E-state index contributed by atoms with van der Waals surface area (Å²) in [7, 11) is 0.993. The Morgan fingerprint density at radius 1 is 0.941 bits per heavy atom. The minimum absolute atomic E-state index is 0.993. The average Bonchev–Trinajstić information content (AvgIpc) is 2.29. The molecule has 0 aromatic heterocycles.